The highest BCUT2D eigenvalue weighted by molar-refractivity contribution is 5.74. The molecule has 19 heavy (non-hydrogen) atoms. The van der Waals surface area contributed by atoms with E-state index >= 15 is 0 Å². The average Bonchev–Trinajstić information content (AvgIpc) is 2.85. The molecule has 0 aliphatic heterocycles. The highest BCUT2D eigenvalue weighted by Crippen LogP contribution is 2.16. The minimum atomic E-state index is -0.132. The van der Waals surface area contributed by atoms with E-state index in [0.717, 1.165) is 19.5 Å². The van der Waals surface area contributed by atoms with Crippen LogP contribution in [0.25, 0.3) is 0 Å². The van der Waals surface area contributed by atoms with Crippen LogP contribution in [-0.4, -0.2) is 54.4 Å². The number of nitrogens with zero attached hydrogens (tertiary/aromatic N) is 1. The molecular formula is C14H27N3O2. The lowest BCUT2D eigenvalue weighted by atomic mass is 10.1. The Morgan fingerprint density at radius 1 is 1.42 bits per heavy atom. The number of likely N-dealkylation sites (N-methyl/N-ethyl adjacent to an activating group) is 1. The third-order valence-electron chi connectivity index (χ3n) is 3.72. The minimum Gasteiger partial charge on any atom is -0.396 e. The van der Waals surface area contributed by atoms with Crippen molar-refractivity contribution in [3.05, 3.63) is 12.2 Å². The third-order valence-corrected chi connectivity index (χ3v) is 3.72. The molecule has 3 atom stereocenters. The average molecular weight is 269 g/mol. The topological polar surface area (TPSA) is 64.6 Å². The zero-order chi connectivity index (χ0) is 14.3. The monoisotopic (exact) mass is 269 g/mol. The van der Waals surface area contributed by atoms with Crippen molar-refractivity contribution in [3.8, 4) is 0 Å². The van der Waals surface area contributed by atoms with Gasteiger partial charge in [-0.2, -0.15) is 0 Å². The number of hydrogen-bond acceptors (Lipinski definition) is 3. The van der Waals surface area contributed by atoms with Crippen LogP contribution in [0.1, 0.15) is 27.2 Å². The van der Waals surface area contributed by atoms with Gasteiger partial charge >= 0.3 is 6.03 Å². The molecule has 0 spiro atoms. The largest absolute Gasteiger partial charge is 0.396 e. The number of nitrogens with one attached hydrogen (secondary N) is 2. The van der Waals surface area contributed by atoms with E-state index in [1.54, 1.807) is 0 Å². The van der Waals surface area contributed by atoms with Crippen LogP contribution in [0.15, 0.2) is 12.2 Å². The lowest BCUT2D eigenvalue weighted by Crippen LogP contribution is -2.47. The summed E-state index contributed by atoms with van der Waals surface area (Å²) in [5, 5.41) is 14.8. The van der Waals surface area contributed by atoms with Gasteiger partial charge in [0.2, 0.25) is 0 Å². The zero-order valence-electron chi connectivity index (χ0n) is 12.2. The first-order valence-corrected chi connectivity index (χ1v) is 7.18. The lowest BCUT2D eigenvalue weighted by Gasteiger charge is -2.26. The highest BCUT2D eigenvalue weighted by atomic mass is 16.3. The van der Waals surface area contributed by atoms with E-state index in [9.17, 15) is 4.79 Å². The predicted molar refractivity (Wildman–Crippen MR) is 77.0 cm³/mol. The molecule has 5 nitrogen and oxygen atoms in total. The van der Waals surface area contributed by atoms with Crippen molar-refractivity contribution in [3.63, 3.8) is 0 Å². The number of amides is 2. The van der Waals surface area contributed by atoms with E-state index in [4.69, 9.17) is 5.11 Å². The molecule has 0 heterocycles. The first kappa shape index (κ1) is 16.0. The van der Waals surface area contributed by atoms with Crippen molar-refractivity contribution in [2.24, 2.45) is 5.92 Å². The summed E-state index contributed by atoms with van der Waals surface area (Å²) in [6, 6.07) is 0.248. The van der Waals surface area contributed by atoms with E-state index in [1.807, 2.05) is 12.2 Å². The summed E-state index contributed by atoms with van der Waals surface area (Å²) in [5.41, 5.74) is 0. The highest BCUT2D eigenvalue weighted by Gasteiger charge is 2.20. The van der Waals surface area contributed by atoms with Crippen LogP contribution in [0.4, 0.5) is 4.79 Å². The van der Waals surface area contributed by atoms with Gasteiger partial charge in [-0.1, -0.05) is 26.0 Å². The van der Waals surface area contributed by atoms with Gasteiger partial charge in [0.25, 0.3) is 0 Å². The maximum absolute atomic E-state index is 11.8. The molecule has 0 bridgehead atoms. The van der Waals surface area contributed by atoms with Gasteiger partial charge in [-0.3, -0.25) is 4.90 Å². The third kappa shape index (κ3) is 5.20. The molecule has 110 valence electrons. The first-order chi connectivity index (χ1) is 9.10. The number of aliphatic hydroxyl groups excluding tert-OH is 1. The molecule has 0 saturated carbocycles. The number of carbonyl (C=O) groups excluding carboxylic acids is 1. The second kappa shape index (κ2) is 8.17. The molecule has 0 aromatic heterocycles. The molecule has 5 heteroatoms. The molecular weight excluding hydrogens is 242 g/mol. The van der Waals surface area contributed by atoms with Crippen molar-refractivity contribution in [2.45, 2.75) is 39.3 Å². The molecule has 1 aliphatic carbocycles. The Hall–Kier alpha value is -1.07. The molecule has 3 N–H and O–H groups in total. The number of hydrogen-bond donors (Lipinski definition) is 3. The van der Waals surface area contributed by atoms with Gasteiger partial charge in [-0.05, 0) is 26.4 Å². The van der Waals surface area contributed by atoms with Crippen LogP contribution in [0.5, 0.6) is 0 Å². The Kier molecular flexibility index (Phi) is 6.87. The number of urea groups is 1. The summed E-state index contributed by atoms with van der Waals surface area (Å²) in [5.74, 6) is 0.180. The van der Waals surface area contributed by atoms with E-state index in [2.05, 4.69) is 36.3 Å². The summed E-state index contributed by atoms with van der Waals surface area (Å²) in [4.78, 5) is 14.1. The molecule has 0 aromatic rings. The number of carbonyl (C=O) groups is 1. The second-order valence-corrected chi connectivity index (χ2v) is 5.09. The molecule has 0 radical (unpaired) electrons. The molecule has 1 rings (SSSR count). The first-order valence-electron chi connectivity index (χ1n) is 7.18. The van der Waals surface area contributed by atoms with Crippen molar-refractivity contribution in [2.75, 3.05) is 26.2 Å². The van der Waals surface area contributed by atoms with Crippen LogP contribution in [-0.2, 0) is 0 Å². The Labute approximate surface area is 116 Å². The van der Waals surface area contributed by atoms with Gasteiger partial charge in [-0.25, -0.2) is 4.79 Å². The van der Waals surface area contributed by atoms with E-state index in [-0.39, 0.29) is 24.6 Å². The van der Waals surface area contributed by atoms with Crippen LogP contribution in [0, 0.1) is 5.92 Å². The maximum Gasteiger partial charge on any atom is 0.315 e. The fraction of sp³-hybridized carbons (Fsp3) is 0.786. The van der Waals surface area contributed by atoms with Crippen LogP contribution in [0.3, 0.4) is 0 Å². The summed E-state index contributed by atoms with van der Waals surface area (Å²) >= 11 is 0. The molecule has 0 saturated heterocycles. The maximum atomic E-state index is 11.8. The van der Waals surface area contributed by atoms with Gasteiger partial charge in [0, 0.05) is 31.2 Å². The molecule has 1 unspecified atom stereocenters. The SMILES string of the molecule is CCN(CC)C(C)CNC(=O)N[C@@H]1C=C[C@H](CO)C1. The lowest BCUT2D eigenvalue weighted by molar-refractivity contribution is 0.212. The quantitative estimate of drug-likeness (QED) is 0.603. The summed E-state index contributed by atoms with van der Waals surface area (Å²) in [6.45, 7) is 9.14. The molecule has 2 amide bonds. The van der Waals surface area contributed by atoms with E-state index in [0.29, 0.717) is 12.6 Å². The normalized spacial score (nSPS) is 23.6. The fourth-order valence-corrected chi connectivity index (χ4v) is 2.45. The van der Waals surface area contributed by atoms with Gasteiger partial charge in [0.1, 0.15) is 0 Å². The Bertz CT molecular complexity index is 303. The summed E-state index contributed by atoms with van der Waals surface area (Å²) in [7, 11) is 0. The standard InChI is InChI=1S/C14H27N3O2/c1-4-17(5-2)11(3)9-15-14(19)16-13-7-6-12(8-13)10-18/h6-7,11-13,18H,4-5,8-10H2,1-3H3,(H2,15,16,19)/t11?,12-,13+/m0/s1. The molecule has 1 aliphatic rings. The summed E-state index contributed by atoms with van der Waals surface area (Å²) in [6.07, 6.45) is 4.70. The zero-order valence-corrected chi connectivity index (χ0v) is 12.2. The van der Waals surface area contributed by atoms with Crippen molar-refractivity contribution in [1.82, 2.24) is 15.5 Å². The van der Waals surface area contributed by atoms with Crippen molar-refractivity contribution in [1.29, 1.82) is 0 Å². The van der Waals surface area contributed by atoms with Crippen LogP contribution >= 0.6 is 0 Å². The van der Waals surface area contributed by atoms with Gasteiger partial charge in [0.15, 0.2) is 0 Å². The predicted octanol–water partition coefficient (Wildman–Crippen LogP) is 0.953. The van der Waals surface area contributed by atoms with Gasteiger partial charge in [0.05, 0.1) is 0 Å². The smallest absolute Gasteiger partial charge is 0.315 e. The minimum absolute atomic E-state index is 0.0425. The van der Waals surface area contributed by atoms with Crippen molar-refractivity contribution < 1.29 is 9.90 Å². The van der Waals surface area contributed by atoms with E-state index < -0.39 is 0 Å². The molecule has 0 aromatic carbocycles. The van der Waals surface area contributed by atoms with E-state index in [1.165, 1.54) is 0 Å². The molecule has 0 fully saturated rings. The Morgan fingerprint density at radius 3 is 2.63 bits per heavy atom. The van der Waals surface area contributed by atoms with Crippen molar-refractivity contribution >= 4 is 6.03 Å². The Morgan fingerprint density at radius 2 is 2.11 bits per heavy atom. The van der Waals surface area contributed by atoms with Gasteiger partial charge in [-0.15, -0.1) is 0 Å². The van der Waals surface area contributed by atoms with Crippen LogP contribution < -0.4 is 10.6 Å². The number of rotatable bonds is 7. The second-order valence-electron chi connectivity index (χ2n) is 5.09. The number of aliphatic hydroxyl groups is 1. The fourth-order valence-electron chi connectivity index (χ4n) is 2.45. The van der Waals surface area contributed by atoms with Gasteiger partial charge < -0.3 is 15.7 Å². The Balaban J connectivity index is 2.23. The van der Waals surface area contributed by atoms with Crippen LogP contribution in [0.2, 0.25) is 0 Å². The summed E-state index contributed by atoms with van der Waals surface area (Å²) < 4.78 is 0.